The fourth-order valence-corrected chi connectivity index (χ4v) is 3.56. The van der Waals surface area contributed by atoms with Crippen LogP contribution in [0, 0.1) is 6.92 Å². The van der Waals surface area contributed by atoms with Gasteiger partial charge in [0.1, 0.15) is 0 Å². The fraction of sp³-hybridized carbons (Fsp3) is 0.529. The molecule has 4 nitrogen and oxygen atoms in total. The van der Waals surface area contributed by atoms with E-state index in [0.717, 1.165) is 31.4 Å². The number of carbonyl (C=O) groups excluding carboxylic acids is 2. The van der Waals surface area contributed by atoms with Crippen LogP contribution in [0.25, 0.3) is 0 Å². The van der Waals surface area contributed by atoms with Gasteiger partial charge in [-0.05, 0) is 30.9 Å². The van der Waals surface area contributed by atoms with E-state index in [1.165, 1.54) is 29.3 Å². The number of carbonyl (C=O) groups is 2. The van der Waals surface area contributed by atoms with Gasteiger partial charge in [-0.2, -0.15) is 0 Å². The molecule has 1 aromatic carbocycles. The summed E-state index contributed by atoms with van der Waals surface area (Å²) in [6.45, 7) is 2.06. The predicted molar refractivity (Wildman–Crippen MR) is 90.9 cm³/mol. The molecular formula is C17H24N2O2S. The predicted octanol–water partition coefficient (Wildman–Crippen LogP) is 3.39. The Hall–Kier alpha value is -1.49. The van der Waals surface area contributed by atoms with Gasteiger partial charge in [0, 0.05) is 11.8 Å². The van der Waals surface area contributed by atoms with Crippen molar-refractivity contribution in [3.8, 4) is 0 Å². The zero-order valence-corrected chi connectivity index (χ0v) is 13.9. The molecule has 22 heavy (non-hydrogen) atoms. The lowest BCUT2D eigenvalue weighted by molar-refractivity contribution is -0.117. The van der Waals surface area contributed by atoms with Crippen molar-refractivity contribution in [3.63, 3.8) is 0 Å². The second-order valence-electron chi connectivity index (χ2n) is 5.78. The zero-order valence-electron chi connectivity index (χ0n) is 13.1. The molecule has 2 N–H and O–H groups in total. The van der Waals surface area contributed by atoms with Crippen molar-refractivity contribution in [1.82, 2.24) is 10.6 Å². The average molecular weight is 320 g/mol. The van der Waals surface area contributed by atoms with Gasteiger partial charge in [-0.25, -0.2) is 4.79 Å². The number of amides is 3. The Bertz CT molecular complexity index is 513. The molecule has 1 saturated carbocycles. The maximum absolute atomic E-state index is 11.8. The minimum absolute atomic E-state index is 0.223. The number of imide groups is 1. The molecule has 1 aromatic rings. The standard InChI is InChI=1S/C17H24N2O2S/c1-13-7-5-6-8-14(13)11-22-12-16(20)19-17(21)18-15-9-3-2-4-10-15/h5-8,15H,2-4,9-12H2,1H3,(H2,18,19,20,21). The average Bonchev–Trinajstić information content (AvgIpc) is 2.50. The first-order valence-electron chi connectivity index (χ1n) is 7.88. The summed E-state index contributed by atoms with van der Waals surface area (Å²) in [6.07, 6.45) is 5.60. The minimum Gasteiger partial charge on any atom is -0.335 e. The highest BCUT2D eigenvalue weighted by atomic mass is 32.2. The number of hydrogen-bond acceptors (Lipinski definition) is 3. The molecule has 0 spiro atoms. The second kappa shape index (κ2) is 8.83. The molecule has 0 aliphatic heterocycles. The SMILES string of the molecule is Cc1ccccc1CSCC(=O)NC(=O)NC1CCCCC1. The van der Waals surface area contributed by atoms with Crippen LogP contribution < -0.4 is 10.6 Å². The molecule has 120 valence electrons. The van der Waals surface area contributed by atoms with E-state index >= 15 is 0 Å². The topological polar surface area (TPSA) is 58.2 Å². The minimum atomic E-state index is -0.353. The summed E-state index contributed by atoms with van der Waals surface area (Å²) in [6, 6.07) is 8.00. The van der Waals surface area contributed by atoms with E-state index in [2.05, 4.69) is 29.7 Å². The molecule has 0 unspecified atom stereocenters. The van der Waals surface area contributed by atoms with Crippen LogP contribution in [0.3, 0.4) is 0 Å². The fourth-order valence-electron chi connectivity index (χ4n) is 2.66. The first-order chi connectivity index (χ1) is 10.6. The molecule has 5 heteroatoms. The summed E-state index contributed by atoms with van der Waals surface area (Å²) < 4.78 is 0. The van der Waals surface area contributed by atoms with E-state index < -0.39 is 0 Å². The van der Waals surface area contributed by atoms with Crippen molar-refractivity contribution in [3.05, 3.63) is 35.4 Å². The van der Waals surface area contributed by atoms with Crippen LogP contribution in [-0.2, 0) is 10.5 Å². The van der Waals surface area contributed by atoms with Gasteiger partial charge < -0.3 is 5.32 Å². The molecule has 0 bridgehead atoms. The van der Waals surface area contributed by atoms with Gasteiger partial charge in [0.2, 0.25) is 5.91 Å². The van der Waals surface area contributed by atoms with Gasteiger partial charge in [-0.3, -0.25) is 10.1 Å². The maximum atomic E-state index is 11.8. The molecule has 1 fully saturated rings. The third-order valence-corrected chi connectivity index (χ3v) is 4.93. The van der Waals surface area contributed by atoms with Crippen molar-refractivity contribution in [2.75, 3.05) is 5.75 Å². The quantitative estimate of drug-likeness (QED) is 0.874. The van der Waals surface area contributed by atoms with Crippen molar-refractivity contribution >= 4 is 23.7 Å². The van der Waals surface area contributed by atoms with Crippen LogP contribution in [0.4, 0.5) is 4.79 Å². The molecule has 1 aliphatic rings. The Morgan fingerprint density at radius 3 is 2.64 bits per heavy atom. The summed E-state index contributed by atoms with van der Waals surface area (Å²) in [5.41, 5.74) is 2.46. The van der Waals surface area contributed by atoms with Gasteiger partial charge in [-0.15, -0.1) is 11.8 Å². The summed E-state index contributed by atoms with van der Waals surface area (Å²) in [7, 11) is 0. The van der Waals surface area contributed by atoms with E-state index in [0.29, 0.717) is 5.75 Å². The number of thioether (sulfide) groups is 1. The largest absolute Gasteiger partial charge is 0.335 e. The van der Waals surface area contributed by atoms with E-state index in [1.54, 1.807) is 0 Å². The van der Waals surface area contributed by atoms with Crippen LogP contribution in [-0.4, -0.2) is 23.7 Å². The van der Waals surface area contributed by atoms with Gasteiger partial charge in [0.25, 0.3) is 0 Å². The highest BCUT2D eigenvalue weighted by Gasteiger charge is 2.16. The number of urea groups is 1. The van der Waals surface area contributed by atoms with Crippen LogP contribution >= 0.6 is 11.8 Å². The van der Waals surface area contributed by atoms with Gasteiger partial charge in [0.15, 0.2) is 0 Å². The normalized spacial score (nSPS) is 15.3. The number of rotatable bonds is 5. The molecular weight excluding hydrogens is 296 g/mol. The molecule has 0 radical (unpaired) electrons. The smallest absolute Gasteiger partial charge is 0.321 e. The van der Waals surface area contributed by atoms with Crippen LogP contribution in [0.15, 0.2) is 24.3 Å². The van der Waals surface area contributed by atoms with Crippen molar-refractivity contribution in [2.24, 2.45) is 0 Å². The Balaban J connectivity index is 1.65. The summed E-state index contributed by atoms with van der Waals surface area (Å²) in [5.74, 6) is 0.850. The van der Waals surface area contributed by atoms with E-state index in [-0.39, 0.29) is 18.0 Å². The second-order valence-corrected chi connectivity index (χ2v) is 6.76. The molecule has 3 amide bonds. The first kappa shape index (κ1) is 16.9. The summed E-state index contributed by atoms with van der Waals surface area (Å²) >= 11 is 1.52. The highest BCUT2D eigenvalue weighted by Crippen LogP contribution is 2.17. The van der Waals surface area contributed by atoms with Crippen LogP contribution in [0.5, 0.6) is 0 Å². The van der Waals surface area contributed by atoms with Crippen molar-refractivity contribution in [1.29, 1.82) is 0 Å². The lowest BCUT2D eigenvalue weighted by Crippen LogP contribution is -2.45. The lowest BCUT2D eigenvalue weighted by Gasteiger charge is -2.22. The van der Waals surface area contributed by atoms with Gasteiger partial charge >= 0.3 is 6.03 Å². The maximum Gasteiger partial charge on any atom is 0.321 e. The third-order valence-electron chi connectivity index (χ3n) is 3.95. The summed E-state index contributed by atoms with van der Waals surface area (Å²) in [4.78, 5) is 23.5. The molecule has 0 atom stereocenters. The molecule has 0 heterocycles. The lowest BCUT2D eigenvalue weighted by atomic mass is 9.96. The Labute approximate surface area is 136 Å². The Morgan fingerprint density at radius 2 is 1.91 bits per heavy atom. The number of hydrogen-bond donors (Lipinski definition) is 2. The Morgan fingerprint density at radius 1 is 1.18 bits per heavy atom. The van der Waals surface area contributed by atoms with Gasteiger partial charge in [-0.1, -0.05) is 43.5 Å². The van der Waals surface area contributed by atoms with Crippen molar-refractivity contribution in [2.45, 2.75) is 50.8 Å². The zero-order chi connectivity index (χ0) is 15.8. The molecule has 1 aliphatic carbocycles. The Kier molecular flexibility index (Phi) is 6.77. The number of aryl methyl sites for hydroxylation is 1. The van der Waals surface area contributed by atoms with Crippen molar-refractivity contribution < 1.29 is 9.59 Å². The van der Waals surface area contributed by atoms with E-state index in [1.807, 2.05) is 12.1 Å². The summed E-state index contributed by atoms with van der Waals surface area (Å²) in [5, 5.41) is 5.31. The molecule has 2 rings (SSSR count). The van der Waals surface area contributed by atoms with Crippen LogP contribution in [0.1, 0.15) is 43.2 Å². The number of benzene rings is 1. The van der Waals surface area contributed by atoms with Crippen LogP contribution in [0.2, 0.25) is 0 Å². The third kappa shape index (κ3) is 5.72. The molecule has 0 aromatic heterocycles. The first-order valence-corrected chi connectivity index (χ1v) is 9.03. The molecule has 0 saturated heterocycles. The van der Waals surface area contributed by atoms with E-state index in [4.69, 9.17) is 0 Å². The number of nitrogens with one attached hydrogen (secondary N) is 2. The monoisotopic (exact) mass is 320 g/mol. The van der Waals surface area contributed by atoms with E-state index in [9.17, 15) is 9.59 Å². The van der Waals surface area contributed by atoms with Gasteiger partial charge in [0.05, 0.1) is 5.75 Å². The highest BCUT2D eigenvalue weighted by molar-refractivity contribution is 7.99.